The molecule has 0 spiro atoms. The number of benzene rings is 2. The molecule has 6 nitrogen and oxygen atoms in total. The molecule has 1 aliphatic carbocycles. The molecule has 1 amide bonds. The molecule has 1 saturated carbocycles. The number of hydrogen-bond acceptors (Lipinski definition) is 5. The summed E-state index contributed by atoms with van der Waals surface area (Å²) in [5, 5.41) is 4.88. The smallest absolute Gasteiger partial charge is 0.253 e. The summed E-state index contributed by atoms with van der Waals surface area (Å²) in [5.74, 6) is 2.36. The Labute approximate surface area is 231 Å². The third kappa shape index (κ3) is 6.27. The average molecular weight is 526 g/mol. The first kappa shape index (κ1) is 26.8. The van der Waals surface area contributed by atoms with Crippen molar-refractivity contribution in [3.63, 3.8) is 0 Å². The molecule has 1 aliphatic rings. The SMILES string of the molecule is CCCN(C)C(=O)c1ccc(NC(c2oc3ccc(OCc4ccncc4)cc3c2C)C2CCCCC2)cc1. The Morgan fingerprint density at radius 3 is 2.54 bits per heavy atom. The third-order valence-corrected chi connectivity index (χ3v) is 7.86. The number of amides is 1. The van der Waals surface area contributed by atoms with Crippen molar-refractivity contribution in [2.45, 2.75) is 65.0 Å². The Morgan fingerprint density at radius 2 is 1.82 bits per heavy atom. The van der Waals surface area contributed by atoms with Crippen LogP contribution in [0.2, 0.25) is 0 Å². The average Bonchev–Trinajstić information content (AvgIpc) is 3.31. The number of ether oxygens (including phenoxy) is 1. The number of nitrogens with zero attached hydrogens (tertiary/aromatic N) is 2. The van der Waals surface area contributed by atoms with Crippen molar-refractivity contribution in [2.24, 2.45) is 5.92 Å². The van der Waals surface area contributed by atoms with E-state index >= 15 is 0 Å². The first-order valence-corrected chi connectivity index (χ1v) is 14.2. The highest BCUT2D eigenvalue weighted by atomic mass is 16.5. The molecule has 204 valence electrons. The van der Waals surface area contributed by atoms with Crippen LogP contribution in [0.15, 0.2) is 71.4 Å². The van der Waals surface area contributed by atoms with Gasteiger partial charge in [0.1, 0.15) is 23.7 Å². The summed E-state index contributed by atoms with van der Waals surface area (Å²) in [6.07, 6.45) is 10.6. The maximum absolute atomic E-state index is 12.7. The van der Waals surface area contributed by atoms with Gasteiger partial charge >= 0.3 is 0 Å². The van der Waals surface area contributed by atoms with E-state index < -0.39 is 0 Å². The lowest BCUT2D eigenvalue weighted by Gasteiger charge is -2.31. The number of nitrogens with one attached hydrogen (secondary N) is 1. The van der Waals surface area contributed by atoms with Gasteiger partial charge in [-0.05, 0) is 92.3 Å². The fourth-order valence-electron chi connectivity index (χ4n) is 5.66. The van der Waals surface area contributed by atoms with Gasteiger partial charge in [0.2, 0.25) is 0 Å². The van der Waals surface area contributed by atoms with Crippen LogP contribution in [0.5, 0.6) is 5.75 Å². The zero-order valence-corrected chi connectivity index (χ0v) is 23.3. The Kier molecular flexibility index (Phi) is 8.50. The van der Waals surface area contributed by atoms with Crippen molar-refractivity contribution in [3.05, 3.63) is 89.4 Å². The molecule has 2 aromatic heterocycles. The molecule has 2 heterocycles. The molecule has 1 unspecified atom stereocenters. The maximum Gasteiger partial charge on any atom is 0.253 e. The van der Waals surface area contributed by atoms with E-state index in [-0.39, 0.29) is 11.9 Å². The summed E-state index contributed by atoms with van der Waals surface area (Å²) < 4.78 is 12.6. The third-order valence-electron chi connectivity index (χ3n) is 7.86. The van der Waals surface area contributed by atoms with Crippen LogP contribution in [0.25, 0.3) is 11.0 Å². The topological polar surface area (TPSA) is 67.6 Å². The minimum absolute atomic E-state index is 0.0577. The van der Waals surface area contributed by atoms with Gasteiger partial charge in [-0.25, -0.2) is 0 Å². The molecule has 5 rings (SSSR count). The Hall–Kier alpha value is -3.80. The minimum Gasteiger partial charge on any atom is -0.489 e. The molecule has 1 atom stereocenters. The van der Waals surface area contributed by atoms with Gasteiger partial charge in [0, 0.05) is 48.2 Å². The molecule has 4 aromatic rings. The van der Waals surface area contributed by atoms with E-state index in [9.17, 15) is 4.79 Å². The predicted molar refractivity (Wildman–Crippen MR) is 156 cm³/mol. The molecular formula is C33H39N3O3. The zero-order valence-electron chi connectivity index (χ0n) is 23.3. The molecule has 0 radical (unpaired) electrons. The van der Waals surface area contributed by atoms with Crippen molar-refractivity contribution in [2.75, 3.05) is 18.9 Å². The lowest BCUT2D eigenvalue weighted by molar-refractivity contribution is 0.0795. The second kappa shape index (κ2) is 12.4. The van der Waals surface area contributed by atoms with Gasteiger partial charge in [-0.3, -0.25) is 9.78 Å². The number of rotatable bonds is 10. The van der Waals surface area contributed by atoms with Gasteiger partial charge < -0.3 is 19.4 Å². The Balaban J connectivity index is 1.39. The molecule has 1 fully saturated rings. The van der Waals surface area contributed by atoms with Crippen LogP contribution < -0.4 is 10.1 Å². The van der Waals surface area contributed by atoms with Gasteiger partial charge in [0.25, 0.3) is 5.91 Å². The largest absolute Gasteiger partial charge is 0.489 e. The number of pyridine rings is 1. The van der Waals surface area contributed by atoms with Gasteiger partial charge in [-0.15, -0.1) is 0 Å². The number of furan rings is 1. The molecule has 0 saturated heterocycles. The van der Waals surface area contributed by atoms with E-state index in [1.54, 1.807) is 17.3 Å². The summed E-state index contributed by atoms with van der Waals surface area (Å²) in [6, 6.07) is 18.0. The van der Waals surface area contributed by atoms with Crippen molar-refractivity contribution in [3.8, 4) is 5.75 Å². The predicted octanol–water partition coefficient (Wildman–Crippen LogP) is 7.93. The Bertz CT molecular complexity index is 1370. The highest BCUT2D eigenvalue weighted by Gasteiger charge is 2.30. The monoisotopic (exact) mass is 525 g/mol. The van der Waals surface area contributed by atoms with Crippen LogP contribution >= 0.6 is 0 Å². The number of aromatic nitrogens is 1. The van der Waals surface area contributed by atoms with E-state index in [0.717, 1.165) is 52.3 Å². The van der Waals surface area contributed by atoms with Crippen LogP contribution in [0.4, 0.5) is 5.69 Å². The summed E-state index contributed by atoms with van der Waals surface area (Å²) in [6.45, 7) is 5.48. The van der Waals surface area contributed by atoms with Crippen LogP contribution in [0, 0.1) is 12.8 Å². The van der Waals surface area contributed by atoms with Crippen LogP contribution in [-0.4, -0.2) is 29.4 Å². The summed E-state index contributed by atoms with van der Waals surface area (Å²) in [4.78, 5) is 18.6. The normalized spacial score (nSPS) is 14.7. The van der Waals surface area contributed by atoms with Crippen LogP contribution in [-0.2, 0) is 6.61 Å². The fourth-order valence-corrected chi connectivity index (χ4v) is 5.66. The first-order valence-electron chi connectivity index (χ1n) is 14.2. The van der Waals surface area contributed by atoms with Crippen LogP contribution in [0.1, 0.15) is 78.7 Å². The maximum atomic E-state index is 12.7. The summed E-state index contributed by atoms with van der Waals surface area (Å²) in [7, 11) is 1.86. The van der Waals surface area contributed by atoms with Crippen molar-refractivity contribution in [1.29, 1.82) is 0 Å². The van der Waals surface area contributed by atoms with Crippen molar-refractivity contribution >= 4 is 22.6 Å². The summed E-state index contributed by atoms with van der Waals surface area (Å²) in [5.41, 5.74) is 4.82. The number of aryl methyl sites for hydroxylation is 1. The van der Waals surface area contributed by atoms with E-state index in [0.29, 0.717) is 18.1 Å². The van der Waals surface area contributed by atoms with E-state index in [2.05, 4.69) is 30.2 Å². The molecule has 6 heteroatoms. The number of carbonyl (C=O) groups excluding carboxylic acids is 1. The quantitative estimate of drug-likeness (QED) is 0.228. The second-order valence-electron chi connectivity index (χ2n) is 10.7. The zero-order chi connectivity index (χ0) is 27.2. The van der Waals surface area contributed by atoms with Crippen molar-refractivity contribution < 1.29 is 13.9 Å². The van der Waals surface area contributed by atoms with E-state index in [4.69, 9.17) is 9.15 Å². The number of hydrogen-bond donors (Lipinski definition) is 1. The molecule has 1 N–H and O–H groups in total. The van der Waals surface area contributed by atoms with E-state index in [1.165, 1.54) is 32.1 Å². The fraction of sp³-hybridized carbons (Fsp3) is 0.394. The second-order valence-corrected chi connectivity index (χ2v) is 10.7. The van der Waals surface area contributed by atoms with Gasteiger partial charge in [0.05, 0.1) is 6.04 Å². The molecular weight excluding hydrogens is 486 g/mol. The highest BCUT2D eigenvalue weighted by molar-refractivity contribution is 5.94. The number of carbonyl (C=O) groups is 1. The van der Waals surface area contributed by atoms with Gasteiger partial charge in [-0.1, -0.05) is 26.2 Å². The number of anilines is 1. The molecule has 0 bridgehead atoms. The standard InChI is InChI=1S/C33H39N3O3/c1-4-20-36(3)33(37)26-10-12-27(13-11-26)35-31(25-8-6-5-7-9-25)32-23(2)29-21-28(14-15-30(29)39-32)38-22-24-16-18-34-19-17-24/h10-19,21,25,31,35H,4-9,20,22H2,1-3H3. The lowest BCUT2D eigenvalue weighted by Crippen LogP contribution is -2.27. The first-order chi connectivity index (χ1) is 19.0. The molecule has 39 heavy (non-hydrogen) atoms. The van der Waals surface area contributed by atoms with Gasteiger partial charge in [-0.2, -0.15) is 0 Å². The van der Waals surface area contributed by atoms with Crippen molar-refractivity contribution in [1.82, 2.24) is 9.88 Å². The highest BCUT2D eigenvalue weighted by Crippen LogP contribution is 2.41. The van der Waals surface area contributed by atoms with Gasteiger partial charge in [0.15, 0.2) is 0 Å². The Morgan fingerprint density at radius 1 is 1.08 bits per heavy atom. The molecule has 0 aliphatic heterocycles. The summed E-state index contributed by atoms with van der Waals surface area (Å²) >= 11 is 0. The number of fused-ring (bicyclic) bond motifs is 1. The lowest BCUT2D eigenvalue weighted by atomic mass is 9.82. The minimum atomic E-state index is 0.0577. The van der Waals surface area contributed by atoms with E-state index in [1.807, 2.05) is 55.6 Å². The van der Waals surface area contributed by atoms with Crippen LogP contribution in [0.3, 0.4) is 0 Å². The molecule has 2 aromatic carbocycles.